The molecule has 0 aromatic carbocycles. The van der Waals surface area contributed by atoms with Crippen molar-refractivity contribution in [1.29, 1.82) is 0 Å². The van der Waals surface area contributed by atoms with E-state index in [0.717, 1.165) is 0 Å². The highest BCUT2D eigenvalue weighted by molar-refractivity contribution is 7.12. The van der Waals surface area contributed by atoms with Crippen LogP contribution in [0.3, 0.4) is 0 Å². The minimum absolute atomic E-state index is 0.0203. The summed E-state index contributed by atoms with van der Waals surface area (Å²) in [5, 5.41) is 2.04. The first-order valence-corrected chi connectivity index (χ1v) is 9.19. The third-order valence-electron chi connectivity index (χ3n) is 3.94. The van der Waals surface area contributed by atoms with E-state index in [9.17, 15) is 14.4 Å². The molecule has 26 heavy (non-hydrogen) atoms. The monoisotopic (exact) mass is 393 g/mol. The fraction of sp³-hybridized carbons (Fsp3) is 0.294. The molecule has 0 bridgehead atoms. The molecule has 0 atom stereocenters. The van der Waals surface area contributed by atoms with Crippen LogP contribution in [0.1, 0.15) is 20.0 Å². The summed E-state index contributed by atoms with van der Waals surface area (Å²) in [4.78, 5) is 44.2. The fourth-order valence-corrected chi connectivity index (χ4v) is 3.41. The summed E-state index contributed by atoms with van der Waals surface area (Å²) in [6.07, 6.45) is 1.39. The molecule has 0 aliphatic carbocycles. The normalized spacial score (nSPS) is 14.2. The van der Waals surface area contributed by atoms with Gasteiger partial charge in [-0.05, 0) is 23.6 Å². The average Bonchev–Trinajstić information content (AvgIpc) is 3.20. The minimum atomic E-state index is -0.630. The Labute approximate surface area is 159 Å². The number of pyridine rings is 1. The Balaban J connectivity index is 1.46. The van der Waals surface area contributed by atoms with Crippen molar-refractivity contribution in [3.8, 4) is 0 Å². The third kappa shape index (κ3) is 4.39. The second kappa shape index (κ2) is 8.29. The van der Waals surface area contributed by atoms with Gasteiger partial charge in [-0.15, -0.1) is 11.3 Å². The summed E-state index contributed by atoms with van der Waals surface area (Å²) >= 11 is 7.12. The maximum atomic E-state index is 12.3. The SMILES string of the molecule is O=C(OCC(=O)N1CCN(C(=O)c2cccs2)CC1)c1ccnc(Cl)c1. The largest absolute Gasteiger partial charge is 0.452 e. The first kappa shape index (κ1) is 18.3. The first-order valence-electron chi connectivity index (χ1n) is 7.94. The highest BCUT2D eigenvalue weighted by atomic mass is 35.5. The van der Waals surface area contributed by atoms with Crippen molar-refractivity contribution >= 4 is 40.7 Å². The topological polar surface area (TPSA) is 79.8 Å². The van der Waals surface area contributed by atoms with Gasteiger partial charge < -0.3 is 14.5 Å². The van der Waals surface area contributed by atoms with E-state index in [1.807, 2.05) is 11.4 Å². The van der Waals surface area contributed by atoms with Crippen molar-refractivity contribution in [2.24, 2.45) is 0 Å². The maximum absolute atomic E-state index is 12.3. The molecular weight excluding hydrogens is 378 g/mol. The van der Waals surface area contributed by atoms with E-state index >= 15 is 0 Å². The van der Waals surface area contributed by atoms with Crippen LogP contribution >= 0.6 is 22.9 Å². The third-order valence-corrected chi connectivity index (χ3v) is 5.01. The number of ether oxygens (including phenoxy) is 1. The highest BCUT2D eigenvalue weighted by Crippen LogP contribution is 2.14. The molecule has 1 aliphatic rings. The zero-order chi connectivity index (χ0) is 18.5. The van der Waals surface area contributed by atoms with Crippen molar-refractivity contribution in [3.63, 3.8) is 0 Å². The molecule has 9 heteroatoms. The zero-order valence-corrected chi connectivity index (χ0v) is 15.3. The Hall–Kier alpha value is -2.45. The van der Waals surface area contributed by atoms with Gasteiger partial charge in [-0.3, -0.25) is 9.59 Å². The van der Waals surface area contributed by atoms with Gasteiger partial charge in [0.2, 0.25) is 0 Å². The number of hydrogen-bond acceptors (Lipinski definition) is 6. The fourth-order valence-electron chi connectivity index (χ4n) is 2.55. The van der Waals surface area contributed by atoms with E-state index in [1.54, 1.807) is 15.9 Å². The number of esters is 1. The number of halogens is 1. The van der Waals surface area contributed by atoms with Crippen LogP contribution in [0.4, 0.5) is 0 Å². The van der Waals surface area contributed by atoms with E-state index < -0.39 is 5.97 Å². The number of nitrogens with zero attached hydrogens (tertiary/aromatic N) is 3. The van der Waals surface area contributed by atoms with Gasteiger partial charge in [-0.25, -0.2) is 9.78 Å². The molecule has 0 N–H and O–H groups in total. The van der Waals surface area contributed by atoms with Crippen molar-refractivity contribution in [1.82, 2.24) is 14.8 Å². The molecule has 2 aromatic heterocycles. The predicted octanol–water partition coefficient (Wildman–Crippen LogP) is 1.94. The number of hydrogen-bond donors (Lipinski definition) is 0. The molecule has 0 radical (unpaired) electrons. The lowest BCUT2D eigenvalue weighted by atomic mass is 10.3. The van der Waals surface area contributed by atoms with Gasteiger partial charge in [-0.1, -0.05) is 17.7 Å². The number of carbonyl (C=O) groups excluding carboxylic acids is 3. The summed E-state index contributed by atoms with van der Waals surface area (Å²) in [6.45, 7) is 1.38. The second-order valence-electron chi connectivity index (χ2n) is 5.59. The summed E-state index contributed by atoms with van der Waals surface area (Å²) in [7, 11) is 0. The molecule has 0 unspecified atom stereocenters. The van der Waals surface area contributed by atoms with E-state index in [0.29, 0.717) is 31.1 Å². The Morgan fingerprint density at radius 2 is 1.88 bits per heavy atom. The van der Waals surface area contributed by atoms with Crippen LogP contribution in [0, 0.1) is 0 Å². The van der Waals surface area contributed by atoms with Gasteiger partial charge in [0.15, 0.2) is 6.61 Å². The van der Waals surface area contributed by atoms with E-state index in [2.05, 4.69) is 4.98 Å². The average molecular weight is 394 g/mol. The van der Waals surface area contributed by atoms with Crippen LogP contribution in [0.25, 0.3) is 0 Å². The van der Waals surface area contributed by atoms with E-state index in [4.69, 9.17) is 16.3 Å². The smallest absolute Gasteiger partial charge is 0.338 e. The molecule has 3 heterocycles. The van der Waals surface area contributed by atoms with Crippen molar-refractivity contribution in [3.05, 3.63) is 51.4 Å². The predicted molar refractivity (Wildman–Crippen MR) is 96.3 cm³/mol. The Morgan fingerprint density at radius 3 is 2.54 bits per heavy atom. The molecule has 1 fully saturated rings. The number of amides is 2. The Bertz CT molecular complexity index is 804. The van der Waals surface area contributed by atoms with Gasteiger partial charge in [0, 0.05) is 32.4 Å². The molecule has 0 spiro atoms. The first-order chi connectivity index (χ1) is 12.5. The van der Waals surface area contributed by atoms with Crippen LogP contribution in [0.2, 0.25) is 5.15 Å². The maximum Gasteiger partial charge on any atom is 0.338 e. The number of rotatable bonds is 4. The number of carbonyl (C=O) groups is 3. The lowest BCUT2D eigenvalue weighted by Gasteiger charge is -2.34. The standard InChI is InChI=1S/C17H16ClN3O4S/c18-14-10-12(3-4-19-14)17(24)25-11-15(22)20-5-7-21(8-6-20)16(23)13-2-1-9-26-13/h1-4,9-10H,5-8,11H2. The van der Waals surface area contributed by atoms with Crippen molar-refractivity contribution in [2.45, 2.75) is 0 Å². The second-order valence-corrected chi connectivity index (χ2v) is 6.93. The summed E-state index contributed by atoms with van der Waals surface area (Å²) in [6, 6.07) is 6.47. The van der Waals surface area contributed by atoms with Gasteiger partial charge in [0.05, 0.1) is 10.4 Å². The summed E-state index contributed by atoms with van der Waals surface area (Å²) in [5.74, 6) is -0.941. The summed E-state index contributed by atoms with van der Waals surface area (Å²) in [5.41, 5.74) is 0.240. The Kier molecular flexibility index (Phi) is 5.85. The summed E-state index contributed by atoms with van der Waals surface area (Å²) < 4.78 is 5.04. The molecular formula is C17H16ClN3O4S. The van der Waals surface area contributed by atoms with E-state index in [-0.39, 0.29) is 29.1 Å². The molecule has 1 aliphatic heterocycles. The number of piperazine rings is 1. The molecule has 2 aromatic rings. The molecule has 2 amide bonds. The van der Waals surface area contributed by atoms with Gasteiger partial charge in [0.25, 0.3) is 11.8 Å². The van der Waals surface area contributed by atoms with Crippen LogP contribution in [0.15, 0.2) is 35.8 Å². The lowest BCUT2D eigenvalue weighted by Crippen LogP contribution is -2.51. The van der Waals surface area contributed by atoms with Crippen LogP contribution in [-0.4, -0.2) is 65.4 Å². The van der Waals surface area contributed by atoms with Gasteiger partial charge >= 0.3 is 5.97 Å². The van der Waals surface area contributed by atoms with E-state index in [1.165, 1.54) is 29.7 Å². The number of aromatic nitrogens is 1. The quantitative estimate of drug-likeness (QED) is 0.585. The van der Waals surface area contributed by atoms with Crippen LogP contribution in [-0.2, 0) is 9.53 Å². The Morgan fingerprint density at radius 1 is 1.15 bits per heavy atom. The molecule has 3 rings (SSSR count). The van der Waals surface area contributed by atoms with Crippen LogP contribution < -0.4 is 0 Å². The van der Waals surface area contributed by atoms with Crippen molar-refractivity contribution in [2.75, 3.05) is 32.8 Å². The molecule has 136 valence electrons. The minimum Gasteiger partial charge on any atom is -0.452 e. The van der Waals surface area contributed by atoms with Crippen LogP contribution in [0.5, 0.6) is 0 Å². The van der Waals surface area contributed by atoms with Crippen molar-refractivity contribution < 1.29 is 19.1 Å². The molecule has 7 nitrogen and oxygen atoms in total. The number of thiophene rings is 1. The van der Waals surface area contributed by atoms with Gasteiger partial charge in [-0.2, -0.15) is 0 Å². The highest BCUT2D eigenvalue weighted by Gasteiger charge is 2.25. The zero-order valence-electron chi connectivity index (χ0n) is 13.8. The molecule has 0 saturated carbocycles. The molecule has 1 saturated heterocycles. The van der Waals surface area contributed by atoms with Gasteiger partial charge in [0.1, 0.15) is 5.15 Å². The lowest BCUT2D eigenvalue weighted by molar-refractivity contribution is -0.136.